The smallest absolute Gasteiger partial charge is 0.223 e. The number of nitrogens with zero attached hydrogens (tertiary/aromatic N) is 1. The van der Waals surface area contributed by atoms with Crippen LogP contribution in [0.2, 0.25) is 0 Å². The molecular formula is C25H35NO2S. The van der Waals surface area contributed by atoms with Crippen molar-refractivity contribution in [1.29, 1.82) is 0 Å². The number of carbonyl (C=O) groups excluding carboxylic acids is 2. The second kappa shape index (κ2) is 10.2. The molecule has 0 aliphatic heterocycles. The van der Waals surface area contributed by atoms with Crippen LogP contribution in [-0.4, -0.2) is 29.7 Å². The van der Waals surface area contributed by atoms with Crippen molar-refractivity contribution in [3.63, 3.8) is 0 Å². The van der Waals surface area contributed by atoms with E-state index in [9.17, 15) is 9.59 Å². The van der Waals surface area contributed by atoms with E-state index in [4.69, 9.17) is 0 Å². The number of thiophene rings is 1. The summed E-state index contributed by atoms with van der Waals surface area (Å²) in [5, 5.41) is 2.02. The summed E-state index contributed by atoms with van der Waals surface area (Å²) in [7, 11) is 0. The first-order chi connectivity index (χ1) is 13.7. The molecule has 0 bridgehead atoms. The normalized spacial score (nSPS) is 12.6. The SMILES string of the molecule is CCC(c1ccc(C)cc1)c1ccsc1C(=O)CC(C)(C)CC(=O)N(CC)CC. The number of hydrogen-bond acceptors (Lipinski definition) is 3. The zero-order valence-corrected chi connectivity index (χ0v) is 19.6. The summed E-state index contributed by atoms with van der Waals surface area (Å²) in [6, 6.07) is 10.7. The largest absolute Gasteiger partial charge is 0.343 e. The second-order valence-electron chi connectivity index (χ2n) is 8.58. The standard InChI is InChI=1S/C25H35NO2S/c1-7-20(19-12-10-18(4)11-13-19)21-14-15-29-24(21)22(27)16-25(5,6)17-23(28)26(8-2)9-3/h10-15,20H,7-9,16-17H2,1-6H3. The number of aryl methyl sites for hydroxylation is 1. The van der Waals surface area contributed by atoms with Crippen LogP contribution in [0.15, 0.2) is 35.7 Å². The zero-order chi connectivity index (χ0) is 21.6. The maximum atomic E-state index is 13.2. The van der Waals surface area contributed by atoms with E-state index in [1.54, 1.807) is 0 Å². The highest BCUT2D eigenvalue weighted by Crippen LogP contribution is 2.36. The predicted octanol–water partition coefficient (Wildman–Crippen LogP) is 6.46. The molecule has 1 atom stereocenters. The van der Waals surface area contributed by atoms with E-state index in [0.717, 1.165) is 16.9 Å². The summed E-state index contributed by atoms with van der Waals surface area (Å²) in [6.45, 7) is 13.7. The molecule has 0 saturated heterocycles. The third-order valence-corrected chi connectivity index (χ3v) is 6.57. The van der Waals surface area contributed by atoms with Crippen LogP contribution in [0, 0.1) is 12.3 Å². The minimum absolute atomic E-state index is 0.130. The quantitative estimate of drug-likeness (QED) is 0.419. The second-order valence-corrected chi connectivity index (χ2v) is 9.50. The van der Waals surface area contributed by atoms with Gasteiger partial charge in [-0.05, 0) is 55.2 Å². The first-order valence-electron chi connectivity index (χ1n) is 10.7. The fourth-order valence-electron chi connectivity index (χ4n) is 3.93. The fraction of sp³-hybridized carbons (Fsp3) is 0.520. The molecule has 3 nitrogen and oxygen atoms in total. The van der Waals surface area contributed by atoms with Gasteiger partial charge in [-0.1, -0.05) is 50.6 Å². The first kappa shape index (κ1) is 23.3. The fourth-order valence-corrected chi connectivity index (χ4v) is 4.83. The van der Waals surface area contributed by atoms with E-state index >= 15 is 0 Å². The summed E-state index contributed by atoms with van der Waals surface area (Å²) < 4.78 is 0. The zero-order valence-electron chi connectivity index (χ0n) is 18.7. The van der Waals surface area contributed by atoms with E-state index in [2.05, 4.69) is 44.2 Å². The lowest BCUT2D eigenvalue weighted by Gasteiger charge is -2.27. The lowest BCUT2D eigenvalue weighted by atomic mass is 9.81. The van der Waals surface area contributed by atoms with Crippen molar-refractivity contribution < 1.29 is 9.59 Å². The molecule has 0 N–H and O–H groups in total. The monoisotopic (exact) mass is 413 g/mol. The van der Waals surface area contributed by atoms with E-state index < -0.39 is 0 Å². The molecule has 29 heavy (non-hydrogen) atoms. The van der Waals surface area contributed by atoms with Crippen LogP contribution in [-0.2, 0) is 4.79 Å². The molecule has 0 spiro atoms. The average molecular weight is 414 g/mol. The van der Waals surface area contributed by atoms with Crippen molar-refractivity contribution in [2.24, 2.45) is 5.41 Å². The molecule has 1 amide bonds. The highest BCUT2D eigenvalue weighted by Gasteiger charge is 2.30. The van der Waals surface area contributed by atoms with Crippen molar-refractivity contribution in [1.82, 2.24) is 4.90 Å². The van der Waals surface area contributed by atoms with Crippen LogP contribution >= 0.6 is 11.3 Å². The third-order valence-electron chi connectivity index (χ3n) is 5.60. The van der Waals surface area contributed by atoms with Crippen molar-refractivity contribution in [2.75, 3.05) is 13.1 Å². The molecule has 2 rings (SSSR count). The number of Topliss-reactive ketones (excluding diaryl/α,β-unsaturated/α-hetero) is 1. The molecular weight excluding hydrogens is 378 g/mol. The van der Waals surface area contributed by atoms with Gasteiger partial charge in [0.2, 0.25) is 5.91 Å². The topological polar surface area (TPSA) is 37.4 Å². The number of hydrogen-bond donors (Lipinski definition) is 0. The molecule has 0 fully saturated rings. The molecule has 2 aromatic rings. The molecule has 0 radical (unpaired) electrons. The predicted molar refractivity (Wildman–Crippen MR) is 123 cm³/mol. The van der Waals surface area contributed by atoms with Crippen molar-refractivity contribution in [3.05, 3.63) is 57.3 Å². The Morgan fingerprint density at radius 1 is 1.00 bits per heavy atom. The lowest BCUT2D eigenvalue weighted by molar-refractivity contribution is -0.132. The van der Waals surface area contributed by atoms with E-state index in [1.807, 2.05) is 38.0 Å². The molecule has 0 aliphatic rings. The number of ketones is 1. The van der Waals surface area contributed by atoms with Crippen LogP contribution in [0.25, 0.3) is 0 Å². The van der Waals surface area contributed by atoms with Crippen LogP contribution in [0.1, 0.15) is 86.2 Å². The number of carbonyl (C=O) groups is 2. The first-order valence-corrected chi connectivity index (χ1v) is 11.5. The van der Waals surface area contributed by atoms with Crippen LogP contribution < -0.4 is 0 Å². The summed E-state index contributed by atoms with van der Waals surface area (Å²) in [5.74, 6) is 0.504. The van der Waals surface area contributed by atoms with Gasteiger partial charge in [-0.3, -0.25) is 9.59 Å². The maximum absolute atomic E-state index is 13.2. The molecule has 0 saturated carbocycles. The van der Waals surface area contributed by atoms with Gasteiger partial charge in [-0.15, -0.1) is 11.3 Å². The summed E-state index contributed by atoms with van der Waals surface area (Å²) in [6.07, 6.45) is 1.73. The van der Waals surface area contributed by atoms with E-state index in [0.29, 0.717) is 25.9 Å². The minimum atomic E-state index is -0.358. The minimum Gasteiger partial charge on any atom is -0.343 e. The Bertz CT molecular complexity index is 816. The van der Waals surface area contributed by atoms with Gasteiger partial charge in [-0.25, -0.2) is 0 Å². The van der Waals surface area contributed by atoms with Gasteiger partial charge in [-0.2, -0.15) is 0 Å². The van der Waals surface area contributed by atoms with Gasteiger partial charge >= 0.3 is 0 Å². The lowest BCUT2D eigenvalue weighted by Crippen LogP contribution is -2.34. The highest BCUT2D eigenvalue weighted by molar-refractivity contribution is 7.12. The Labute approximate surface area is 180 Å². The Kier molecular flexibility index (Phi) is 8.21. The highest BCUT2D eigenvalue weighted by atomic mass is 32.1. The van der Waals surface area contributed by atoms with E-state index in [-0.39, 0.29) is 23.0 Å². The third kappa shape index (κ3) is 6.02. The van der Waals surface area contributed by atoms with Crippen LogP contribution in [0.4, 0.5) is 0 Å². The summed E-state index contributed by atoms with van der Waals surface area (Å²) in [5.41, 5.74) is 3.26. The molecule has 4 heteroatoms. The number of benzene rings is 1. The van der Waals surface area contributed by atoms with Crippen molar-refractivity contribution in [3.8, 4) is 0 Å². The van der Waals surface area contributed by atoms with Gasteiger partial charge in [0.15, 0.2) is 5.78 Å². The van der Waals surface area contributed by atoms with Gasteiger partial charge in [0, 0.05) is 31.8 Å². The number of amides is 1. The number of rotatable bonds is 10. The Morgan fingerprint density at radius 3 is 2.17 bits per heavy atom. The van der Waals surface area contributed by atoms with Crippen molar-refractivity contribution >= 4 is 23.0 Å². The van der Waals surface area contributed by atoms with Gasteiger partial charge in [0.05, 0.1) is 4.88 Å². The van der Waals surface area contributed by atoms with Gasteiger partial charge in [0.25, 0.3) is 0 Å². The molecule has 158 valence electrons. The van der Waals surface area contributed by atoms with E-state index in [1.165, 1.54) is 22.5 Å². The molecule has 1 unspecified atom stereocenters. The maximum Gasteiger partial charge on any atom is 0.223 e. The van der Waals surface area contributed by atoms with Crippen molar-refractivity contribution in [2.45, 2.75) is 66.7 Å². The summed E-state index contributed by atoms with van der Waals surface area (Å²) >= 11 is 1.53. The molecule has 0 aliphatic carbocycles. The van der Waals surface area contributed by atoms with Gasteiger partial charge < -0.3 is 4.90 Å². The molecule has 1 heterocycles. The van der Waals surface area contributed by atoms with Crippen LogP contribution in [0.5, 0.6) is 0 Å². The Balaban J connectivity index is 2.19. The molecule has 1 aromatic heterocycles. The summed E-state index contributed by atoms with van der Waals surface area (Å²) in [4.78, 5) is 28.5. The Morgan fingerprint density at radius 2 is 1.62 bits per heavy atom. The van der Waals surface area contributed by atoms with Crippen LogP contribution in [0.3, 0.4) is 0 Å². The Hall–Kier alpha value is -1.94. The van der Waals surface area contributed by atoms with Gasteiger partial charge in [0.1, 0.15) is 0 Å². The average Bonchev–Trinajstić information content (AvgIpc) is 3.13. The molecule has 1 aromatic carbocycles.